The zero-order valence-corrected chi connectivity index (χ0v) is 25.1. The molecule has 1 aliphatic heterocycles. The van der Waals surface area contributed by atoms with Crippen LogP contribution in [-0.2, 0) is 24.9 Å². The Bertz CT molecular complexity index is 1810. The van der Waals surface area contributed by atoms with Crippen molar-refractivity contribution in [3.8, 4) is 11.6 Å². The van der Waals surface area contributed by atoms with E-state index < -0.39 is 17.3 Å². The summed E-state index contributed by atoms with van der Waals surface area (Å²) in [4.78, 5) is 24.1. The Morgan fingerprint density at radius 1 is 1.26 bits per heavy atom. The zero-order chi connectivity index (χ0) is 29.8. The Kier molecular flexibility index (Phi) is 7.10. The van der Waals surface area contributed by atoms with E-state index in [1.807, 2.05) is 6.92 Å². The molecule has 0 saturated carbocycles. The Hall–Kier alpha value is -4.09. The summed E-state index contributed by atoms with van der Waals surface area (Å²) in [6.07, 6.45) is 2.59. The molecule has 5 heterocycles. The van der Waals surface area contributed by atoms with Crippen LogP contribution >= 0.6 is 11.3 Å². The minimum atomic E-state index is -1.15. The van der Waals surface area contributed by atoms with Crippen molar-refractivity contribution in [2.45, 2.75) is 59.2 Å². The monoisotopic (exact) mass is 586 g/mol. The Morgan fingerprint density at radius 2 is 2.07 bits per heavy atom. The van der Waals surface area contributed by atoms with E-state index >= 15 is 0 Å². The van der Waals surface area contributed by atoms with Crippen LogP contribution in [-0.4, -0.2) is 58.7 Å². The molecule has 0 spiro atoms. The van der Waals surface area contributed by atoms with Gasteiger partial charge >= 0.3 is 5.97 Å². The highest BCUT2D eigenvalue weighted by Gasteiger charge is 2.41. The number of carbonyl (C=O) groups is 1. The summed E-state index contributed by atoms with van der Waals surface area (Å²) in [5, 5.41) is 32.1. The first-order chi connectivity index (χ1) is 20.1. The number of pyridine rings is 2. The third-order valence-electron chi connectivity index (χ3n) is 8.37. The van der Waals surface area contributed by atoms with Crippen LogP contribution in [0.1, 0.15) is 61.1 Å². The first-order valence-corrected chi connectivity index (χ1v) is 14.9. The van der Waals surface area contributed by atoms with E-state index in [9.17, 15) is 15.0 Å². The molecule has 218 valence electrons. The van der Waals surface area contributed by atoms with E-state index in [1.165, 1.54) is 0 Å². The van der Waals surface area contributed by atoms with E-state index in [0.717, 1.165) is 38.8 Å². The van der Waals surface area contributed by atoms with Crippen molar-refractivity contribution in [2.75, 3.05) is 6.54 Å². The molecule has 2 atom stereocenters. The number of aryl methyl sites for hydroxylation is 2. The average molecular weight is 587 g/mol. The SMILES string of the molecule is CC[C@@H]1CN(Cc2cc([C@H](c3cnc4c(nnn4C)c3C)C(C)(C)C(=O)O)cc3ccsc23)Cc2nc(O)ccc2O1. The number of nitrogens with zero attached hydrogens (tertiary/aromatic N) is 6. The summed E-state index contributed by atoms with van der Waals surface area (Å²) < 4.78 is 9.03. The van der Waals surface area contributed by atoms with Crippen LogP contribution in [0, 0.1) is 12.3 Å². The van der Waals surface area contributed by atoms with Gasteiger partial charge in [-0.25, -0.2) is 14.6 Å². The van der Waals surface area contributed by atoms with Crippen molar-refractivity contribution in [3.63, 3.8) is 0 Å². The topological polar surface area (TPSA) is 126 Å². The Labute approximate surface area is 247 Å². The summed E-state index contributed by atoms with van der Waals surface area (Å²) >= 11 is 1.68. The molecule has 2 N–H and O–H groups in total. The third kappa shape index (κ3) is 4.86. The summed E-state index contributed by atoms with van der Waals surface area (Å²) in [6, 6.07) is 9.69. The van der Waals surface area contributed by atoms with Crippen molar-refractivity contribution >= 4 is 38.6 Å². The van der Waals surface area contributed by atoms with E-state index in [4.69, 9.17) is 4.74 Å². The van der Waals surface area contributed by atoms with E-state index in [-0.39, 0.29) is 12.0 Å². The van der Waals surface area contributed by atoms with Crippen molar-refractivity contribution < 1.29 is 19.7 Å². The average Bonchev–Trinajstić information content (AvgIpc) is 3.53. The zero-order valence-electron chi connectivity index (χ0n) is 24.3. The molecule has 0 bridgehead atoms. The van der Waals surface area contributed by atoms with Gasteiger partial charge in [0, 0.05) is 49.6 Å². The van der Waals surface area contributed by atoms with Crippen LogP contribution in [0.5, 0.6) is 11.6 Å². The number of carboxylic acids is 1. The molecule has 6 rings (SSSR count). The van der Waals surface area contributed by atoms with Crippen molar-refractivity contribution in [2.24, 2.45) is 12.5 Å². The standard InChI is InChI=1S/C31H34N6O4S/c1-6-21-15-37(16-23-24(41-21)7-8-25(38)33-23)14-20-12-19(11-18-9-10-42-28(18)20)26(31(3,4)30(39)40)22-13-32-29-27(17(22)2)34-35-36(29)5/h7-13,21,26H,6,14-16H2,1-5H3,(H,33,38)(H,39,40)/t21-,26-/m1/s1. The lowest BCUT2D eigenvalue weighted by atomic mass is 9.70. The minimum Gasteiger partial charge on any atom is -0.493 e. The molecule has 0 amide bonds. The fourth-order valence-corrected chi connectivity index (χ4v) is 6.91. The maximum absolute atomic E-state index is 12.8. The molecule has 11 heteroatoms. The number of carboxylic acid groups (broad SMARTS) is 1. The number of rotatable bonds is 7. The second kappa shape index (κ2) is 10.6. The Morgan fingerprint density at radius 3 is 2.83 bits per heavy atom. The minimum absolute atomic E-state index is 0.0225. The lowest BCUT2D eigenvalue weighted by Crippen LogP contribution is -2.33. The largest absolute Gasteiger partial charge is 0.493 e. The molecule has 5 aromatic rings. The molecule has 0 radical (unpaired) electrons. The highest BCUT2D eigenvalue weighted by Crippen LogP contribution is 2.45. The van der Waals surface area contributed by atoms with Crippen LogP contribution in [0.15, 0.2) is 41.9 Å². The van der Waals surface area contributed by atoms with Gasteiger partial charge in [-0.2, -0.15) is 0 Å². The van der Waals surface area contributed by atoms with Crippen molar-refractivity contribution in [1.82, 2.24) is 29.9 Å². The normalized spacial score (nSPS) is 16.7. The quantitative estimate of drug-likeness (QED) is 0.258. The predicted octanol–water partition coefficient (Wildman–Crippen LogP) is 5.40. The van der Waals surface area contributed by atoms with Crippen LogP contribution in [0.2, 0.25) is 0 Å². The maximum Gasteiger partial charge on any atom is 0.310 e. The van der Waals surface area contributed by atoms with E-state index in [2.05, 4.69) is 55.7 Å². The molecule has 1 aromatic carbocycles. The fourth-order valence-electron chi connectivity index (χ4n) is 6.02. The van der Waals surface area contributed by atoms with Gasteiger partial charge < -0.3 is 14.9 Å². The molecule has 0 aliphatic carbocycles. The second-order valence-corrected chi connectivity index (χ2v) is 12.6. The van der Waals surface area contributed by atoms with Crippen LogP contribution in [0.3, 0.4) is 0 Å². The molecule has 0 saturated heterocycles. The van der Waals surface area contributed by atoms with Gasteiger partial charge in [0.1, 0.15) is 23.1 Å². The van der Waals surface area contributed by atoms with Gasteiger partial charge in [0.05, 0.1) is 5.41 Å². The molecule has 42 heavy (non-hydrogen) atoms. The molecule has 0 fully saturated rings. The number of ether oxygens (including phenoxy) is 1. The van der Waals surface area contributed by atoms with Gasteiger partial charge in [0.15, 0.2) is 5.65 Å². The maximum atomic E-state index is 12.8. The van der Waals surface area contributed by atoms with Gasteiger partial charge in [0.25, 0.3) is 0 Å². The molecule has 10 nitrogen and oxygen atoms in total. The third-order valence-corrected chi connectivity index (χ3v) is 9.38. The number of hydrogen-bond donors (Lipinski definition) is 2. The van der Waals surface area contributed by atoms with Gasteiger partial charge in [-0.1, -0.05) is 18.2 Å². The summed E-state index contributed by atoms with van der Waals surface area (Å²) in [5.74, 6) is -0.719. The smallest absolute Gasteiger partial charge is 0.310 e. The van der Waals surface area contributed by atoms with Gasteiger partial charge in [-0.05, 0) is 78.4 Å². The van der Waals surface area contributed by atoms with Crippen molar-refractivity contribution in [1.29, 1.82) is 0 Å². The molecule has 4 aromatic heterocycles. The molecular weight excluding hydrogens is 552 g/mol. The van der Waals surface area contributed by atoms with Crippen LogP contribution in [0.25, 0.3) is 21.3 Å². The number of fused-ring (bicyclic) bond motifs is 3. The number of thiophene rings is 1. The number of aromatic nitrogens is 5. The lowest BCUT2D eigenvalue weighted by Gasteiger charge is -2.33. The Balaban J connectivity index is 1.47. The first-order valence-electron chi connectivity index (χ1n) is 14.0. The summed E-state index contributed by atoms with van der Waals surface area (Å²) in [7, 11) is 1.79. The summed E-state index contributed by atoms with van der Waals surface area (Å²) in [6.45, 7) is 9.43. The highest BCUT2D eigenvalue weighted by atomic mass is 32.1. The first kappa shape index (κ1) is 28.0. The van der Waals surface area contributed by atoms with Crippen molar-refractivity contribution in [3.05, 3.63) is 69.9 Å². The lowest BCUT2D eigenvalue weighted by molar-refractivity contribution is -0.147. The summed E-state index contributed by atoms with van der Waals surface area (Å²) in [5.41, 5.74) is 4.59. The van der Waals surface area contributed by atoms with Gasteiger partial charge in [-0.3, -0.25) is 9.69 Å². The van der Waals surface area contributed by atoms with Crippen LogP contribution in [0.4, 0.5) is 0 Å². The fraction of sp³-hybridized carbons (Fsp3) is 0.387. The molecular formula is C31H34N6O4S. The number of benzene rings is 1. The van der Waals surface area contributed by atoms with E-state index in [0.29, 0.717) is 42.2 Å². The van der Waals surface area contributed by atoms with Crippen LogP contribution < -0.4 is 4.74 Å². The second-order valence-electron chi connectivity index (χ2n) is 11.6. The highest BCUT2D eigenvalue weighted by molar-refractivity contribution is 7.17. The van der Waals surface area contributed by atoms with E-state index in [1.54, 1.807) is 55.2 Å². The number of aromatic hydroxyl groups is 1. The molecule has 1 aliphatic rings. The number of aliphatic carboxylic acids is 1. The van der Waals surface area contributed by atoms with Gasteiger partial charge in [-0.15, -0.1) is 16.4 Å². The van der Waals surface area contributed by atoms with Gasteiger partial charge in [0.2, 0.25) is 5.88 Å². The molecule has 0 unspecified atom stereocenters. The predicted molar refractivity (Wildman–Crippen MR) is 161 cm³/mol. The number of hydrogen-bond acceptors (Lipinski definition) is 9.